The van der Waals surface area contributed by atoms with E-state index in [0.717, 1.165) is 42.5 Å². The molecule has 4 nitrogen and oxygen atoms in total. The lowest BCUT2D eigenvalue weighted by Gasteiger charge is -2.11. The SMILES string of the molecule is C=Cc1cc2[nH]c1c(-c1c(F)c(F)c(F)c(F)c1F)c1ccc([nH]1)c(-c1c(F)c(F)c(F)c(F)c1F)c1ccc([nH]1)c(-c1c(F)c(F)c(F)c(F)c1F)c1nc2C=C1. The lowest BCUT2D eigenvalue weighted by Crippen LogP contribution is -2.05. The number of nitrogens with one attached hydrogen (secondary N) is 3. The van der Waals surface area contributed by atoms with Crippen molar-refractivity contribution in [3.05, 3.63) is 141 Å². The second kappa shape index (κ2) is 13.3. The van der Waals surface area contributed by atoms with E-state index in [-0.39, 0.29) is 16.8 Å². The summed E-state index contributed by atoms with van der Waals surface area (Å²) in [6.45, 7) is 3.58. The van der Waals surface area contributed by atoms with Gasteiger partial charge in [0.05, 0.1) is 39.1 Å². The van der Waals surface area contributed by atoms with Gasteiger partial charge in [0.2, 0.25) is 17.5 Å². The Bertz CT molecular complexity index is 3070. The third-order valence-electron chi connectivity index (χ3n) is 9.32. The summed E-state index contributed by atoms with van der Waals surface area (Å²) in [5.74, 6) is -36.6. The van der Waals surface area contributed by atoms with Crippen LogP contribution in [0.2, 0.25) is 0 Å². The Kier molecular flexibility index (Phi) is 8.74. The Morgan fingerprint density at radius 3 is 1.10 bits per heavy atom. The molecule has 0 fully saturated rings. The zero-order valence-corrected chi connectivity index (χ0v) is 27.9. The average Bonchev–Trinajstić information content (AvgIpc) is 4.05. The van der Waals surface area contributed by atoms with Gasteiger partial charge in [0.1, 0.15) is 0 Å². The van der Waals surface area contributed by atoms with Gasteiger partial charge in [0.25, 0.3) is 0 Å². The van der Waals surface area contributed by atoms with Crippen LogP contribution in [-0.2, 0) is 0 Å². The molecule has 19 heteroatoms. The summed E-state index contributed by atoms with van der Waals surface area (Å²) in [4.78, 5) is 11.8. The first kappa shape index (κ1) is 38.0. The Morgan fingerprint density at radius 2 is 0.690 bits per heavy atom. The first-order valence-corrected chi connectivity index (χ1v) is 16.0. The molecule has 8 bridgehead atoms. The lowest BCUT2D eigenvalue weighted by atomic mass is 10.0. The third kappa shape index (κ3) is 5.32. The third-order valence-corrected chi connectivity index (χ3v) is 9.32. The number of nitrogens with zero attached hydrogens (tertiary/aromatic N) is 1. The molecule has 5 heterocycles. The van der Waals surface area contributed by atoms with Crippen molar-refractivity contribution in [2.24, 2.45) is 0 Å². The zero-order valence-electron chi connectivity index (χ0n) is 27.9. The van der Waals surface area contributed by atoms with Gasteiger partial charge in [0, 0.05) is 44.3 Å². The molecule has 0 saturated heterocycles. The average molecular weight is 823 g/mol. The van der Waals surface area contributed by atoms with Crippen molar-refractivity contribution >= 4 is 51.3 Å². The van der Waals surface area contributed by atoms with Crippen LogP contribution in [0, 0.1) is 87.3 Å². The van der Waals surface area contributed by atoms with Crippen LogP contribution in [0.1, 0.15) is 17.0 Å². The van der Waals surface area contributed by atoms with Crippen molar-refractivity contribution in [3.8, 4) is 33.4 Å². The lowest BCUT2D eigenvalue weighted by molar-refractivity contribution is 0.381. The maximum absolute atomic E-state index is 15.7. The molecule has 294 valence electrons. The molecule has 3 N–H and O–H groups in total. The number of aromatic amines is 3. The summed E-state index contributed by atoms with van der Waals surface area (Å²) in [5.41, 5.74) is -11.8. The fraction of sp³-hybridized carbons (Fsp3) is 0. The fourth-order valence-electron chi connectivity index (χ4n) is 6.68. The molecular weight excluding hydrogens is 809 g/mol. The Hall–Kier alpha value is -6.92. The molecule has 58 heavy (non-hydrogen) atoms. The number of benzene rings is 3. The Balaban J connectivity index is 1.68. The Morgan fingerprint density at radius 1 is 0.362 bits per heavy atom. The van der Waals surface area contributed by atoms with E-state index in [9.17, 15) is 39.5 Å². The van der Waals surface area contributed by atoms with Gasteiger partial charge in [0.15, 0.2) is 69.8 Å². The van der Waals surface area contributed by atoms with Crippen molar-refractivity contribution in [2.75, 3.05) is 0 Å². The van der Waals surface area contributed by atoms with E-state index in [4.69, 9.17) is 0 Å². The fourth-order valence-corrected chi connectivity index (χ4v) is 6.68. The minimum absolute atomic E-state index is 0.151. The largest absolute Gasteiger partial charge is 0.354 e. The molecule has 7 aromatic rings. The van der Waals surface area contributed by atoms with Crippen LogP contribution in [-0.4, -0.2) is 19.9 Å². The van der Waals surface area contributed by atoms with Crippen molar-refractivity contribution < 1.29 is 65.9 Å². The van der Waals surface area contributed by atoms with Gasteiger partial charge in [-0.2, -0.15) is 0 Å². The van der Waals surface area contributed by atoms with Crippen LogP contribution in [0.15, 0.2) is 36.9 Å². The highest BCUT2D eigenvalue weighted by Gasteiger charge is 2.33. The number of aromatic nitrogens is 4. The molecule has 0 spiro atoms. The topological polar surface area (TPSA) is 60.3 Å². The molecule has 3 aromatic carbocycles. The molecule has 4 aromatic heterocycles. The summed E-state index contributed by atoms with van der Waals surface area (Å²) in [6, 6.07) is 4.60. The number of rotatable bonds is 4. The van der Waals surface area contributed by atoms with Crippen LogP contribution < -0.4 is 0 Å². The molecule has 0 saturated carbocycles. The second-order valence-electron chi connectivity index (χ2n) is 12.5. The van der Waals surface area contributed by atoms with E-state index in [1.807, 2.05) is 0 Å². The maximum atomic E-state index is 15.7. The monoisotopic (exact) mass is 822 g/mol. The molecule has 1 aliphatic rings. The minimum atomic E-state index is -2.60. The van der Waals surface area contributed by atoms with Gasteiger partial charge in [-0.05, 0) is 42.5 Å². The van der Waals surface area contributed by atoms with E-state index >= 15 is 26.3 Å². The minimum Gasteiger partial charge on any atom is -0.354 e. The van der Waals surface area contributed by atoms with Crippen molar-refractivity contribution in [2.45, 2.75) is 0 Å². The van der Waals surface area contributed by atoms with E-state index in [1.165, 1.54) is 6.07 Å². The van der Waals surface area contributed by atoms with Crippen LogP contribution in [0.4, 0.5) is 65.9 Å². The van der Waals surface area contributed by atoms with E-state index in [1.54, 1.807) is 0 Å². The number of hydrogen-bond donors (Lipinski definition) is 3. The predicted molar refractivity (Wildman–Crippen MR) is 181 cm³/mol. The predicted octanol–water partition coefficient (Wildman–Crippen LogP) is 12.4. The summed E-state index contributed by atoms with van der Waals surface area (Å²) in [5, 5.41) is 0. The molecular formula is C39H13F15N4. The summed E-state index contributed by atoms with van der Waals surface area (Å²) in [7, 11) is 0. The zero-order chi connectivity index (χ0) is 41.8. The van der Waals surface area contributed by atoms with Gasteiger partial charge < -0.3 is 15.0 Å². The second-order valence-corrected chi connectivity index (χ2v) is 12.5. The van der Waals surface area contributed by atoms with Crippen LogP contribution in [0.5, 0.6) is 0 Å². The summed E-state index contributed by atoms with van der Waals surface area (Å²) in [6.07, 6.45) is 3.16. The highest BCUT2D eigenvalue weighted by atomic mass is 19.2. The number of halogens is 15. The summed E-state index contributed by atoms with van der Waals surface area (Å²) < 4.78 is 225. The van der Waals surface area contributed by atoms with Gasteiger partial charge in [-0.15, -0.1) is 0 Å². The van der Waals surface area contributed by atoms with Crippen LogP contribution in [0.25, 0.3) is 84.7 Å². The van der Waals surface area contributed by atoms with Crippen molar-refractivity contribution in [3.63, 3.8) is 0 Å². The van der Waals surface area contributed by atoms with E-state index < -0.39 is 154 Å². The number of H-pyrrole nitrogens is 3. The van der Waals surface area contributed by atoms with Crippen molar-refractivity contribution in [1.82, 2.24) is 19.9 Å². The highest BCUT2D eigenvalue weighted by molar-refractivity contribution is 6.02. The number of fused-ring (bicyclic) bond motifs is 9. The van der Waals surface area contributed by atoms with Crippen molar-refractivity contribution in [1.29, 1.82) is 0 Å². The molecule has 0 unspecified atom stereocenters. The summed E-state index contributed by atoms with van der Waals surface area (Å²) >= 11 is 0. The molecule has 0 atom stereocenters. The van der Waals surface area contributed by atoms with Gasteiger partial charge in [-0.1, -0.05) is 12.7 Å². The van der Waals surface area contributed by atoms with E-state index in [0.29, 0.717) is 0 Å². The highest BCUT2D eigenvalue weighted by Crippen LogP contribution is 2.42. The quantitative estimate of drug-likeness (QED) is 0.0924. The van der Waals surface area contributed by atoms with E-state index in [2.05, 4.69) is 26.5 Å². The number of hydrogen-bond acceptors (Lipinski definition) is 1. The first-order chi connectivity index (χ1) is 27.5. The molecule has 1 aliphatic heterocycles. The van der Waals surface area contributed by atoms with Crippen LogP contribution >= 0.6 is 0 Å². The normalized spacial score (nSPS) is 12.1. The van der Waals surface area contributed by atoms with Crippen LogP contribution in [0.3, 0.4) is 0 Å². The molecule has 0 amide bonds. The smallest absolute Gasteiger partial charge is 0.200 e. The van der Waals surface area contributed by atoms with Gasteiger partial charge >= 0.3 is 0 Å². The molecule has 0 aliphatic carbocycles. The van der Waals surface area contributed by atoms with Gasteiger partial charge in [-0.3, -0.25) is 0 Å². The molecule has 8 rings (SSSR count). The van der Waals surface area contributed by atoms with Gasteiger partial charge in [-0.25, -0.2) is 70.8 Å². The first-order valence-electron chi connectivity index (χ1n) is 16.0. The Labute approximate surface area is 311 Å². The maximum Gasteiger partial charge on any atom is 0.200 e. The standard InChI is InChI=1S/C39H13F15N4/c1-2-10-9-17-11-3-4-12(55-11)18(21-24(40)30(46)36(52)31(47)25(21)41)13-5-6-14(56-13)19(22-26(42)32(48)37(53)33(49)27(22)43)15-7-8-16(57-15)20(39(10)58-17)23-28(44)34(50)38(54)35(51)29(23)45/h2-9,56-58H,1H2. The molecule has 0 radical (unpaired) electrons.